The Morgan fingerprint density at radius 2 is 1.93 bits per heavy atom. The highest BCUT2D eigenvalue weighted by atomic mass is 16.5. The molecule has 0 radical (unpaired) electrons. The molecule has 4 nitrogen and oxygen atoms in total. The van der Waals surface area contributed by atoms with Crippen LogP contribution < -0.4 is 5.73 Å². The lowest BCUT2D eigenvalue weighted by Crippen LogP contribution is -1.85. The first-order chi connectivity index (χ1) is 7.25. The van der Waals surface area contributed by atoms with Crippen LogP contribution in [0.5, 0.6) is 0 Å². The number of aryl methyl sites for hydroxylation is 1. The molecular weight excluding hydrogens is 190 g/mol. The number of rotatable bonds is 0. The third-order valence-corrected chi connectivity index (χ3v) is 2.04. The van der Waals surface area contributed by atoms with Crippen LogP contribution in [0, 0.1) is 6.92 Å². The van der Waals surface area contributed by atoms with Crippen molar-refractivity contribution in [3.63, 3.8) is 0 Å². The van der Waals surface area contributed by atoms with E-state index in [1.54, 1.807) is 6.92 Å². The van der Waals surface area contributed by atoms with E-state index in [4.69, 9.17) is 5.73 Å². The molecule has 0 saturated carbocycles. The Morgan fingerprint density at radius 3 is 2.13 bits per heavy atom. The van der Waals surface area contributed by atoms with Gasteiger partial charge in [-0.1, -0.05) is 29.4 Å². The Kier molecular flexibility index (Phi) is 2.49. The summed E-state index contributed by atoms with van der Waals surface area (Å²) in [4.78, 5) is 3.64. The number of hydrogen-bond donors (Lipinski definition) is 1. The van der Waals surface area contributed by atoms with Gasteiger partial charge in [0.1, 0.15) is 0 Å². The topological polar surface area (TPSA) is 64.9 Å². The predicted molar refractivity (Wildman–Crippen MR) is 58.6 cm³/mol. The number of benzene rings is 3. The molecule has 0 atom stereocenters. The van der Waals surface area contributed by atoms with Crippen molar-refractivity contribution in [2.24, 2.45) is 0 Å². The molecule has 0 aliphatic rings. The van der Waals surface area contributed by atoms with E-state index >= 15 is 0 Å². The van der Waals surface area contributed by atoms with Crippen LogP contribution in [0.25, 0.3) is 10.8 Å². The zero-order chi connectivity index (χ0) is 10.7. The monoisotopic (exact) mass is 201 g/mol. The minimum absolute atomic E-state index is 0.606. The summed E-state index contributed by atoms with van der Waals surface area (Å²) in [5, 5.41) is 5.66. The fraction of sp³-hybridized carbons (Fsp3) is 0.0909. The standard InChI is InChI=1S/C8H7N.C3H4N2O/c9-8-5-6-1-3-7(8)4-2-6;1-3-4-2-5-6-3/h1-5H,9H2;2H,1H3. The van der Waals surface area contributed by atoms with E-state index in [-0.39, 0.29) is 0 Å². The molecule has 0 aliphatic heterocycles. The Balaban J connectivity index is 0.000000124. The summed E-state index contributed by atoms with van der Waals surface area (Å²) in [5.41, 5.74) is 6.50. The van der Waals surface area contributed by atoms with Crippen LogP contribution in [0.15, 0.2) is 41.2 Å². The molecule has 1 heterocycles. The zero-order valence-electron chi connectivity index (χ0n) is 8.34. The van der Waals surface area contributed by atoms with Gasteiger partial charge in [-0.2, -0.15) is 4.98 Å². The zero-order valence-corrected chi connectivity index (χ0v) is 8.34. The van der Waals surface area contributed by atoms with Crippen molar-refractivity contribution >= 4 is 16.5 Å². The van der Waals surface area contributed by atoms with Gasteiger partial charge in [-0.25, -0.2) is 0 Å². The van der Waals surface area contributed by atoms with Crippen LogP contribution in [0.3, 0.4) is 0 Å². The Morgan fingerprint density at radius 1 is 1.20 bits per heavy atom. The average molecular weight is 201 g/mol. The van der Waals surface area contributed by atoms with Gasteiger partial charge in [0.05, 0.1) is 0 Å². The van der Waals surface area contributed by atoms with Crippen molar-refractivity contribution < 1.29 is 4.52 Å². The van der Waals surface area contributed by atoms with Crippen LogP contribution >= 0.6 is 0 Å². The number of nitrogens with zero attached hydrogens (tertiary/aromatic N) is 2. The van der Waals surface area contributed by atoms with Gasteiger partial charge in [-0.15, -0.1) is 0 Å². The predicted octanol–water partition coefficient (Wildman–Crippen LogP) is 2.24. The van der Waals surface area contributed by atoms with Gasteiger partial charge >= 0.3 is 0 Å². The summed E-state index contributed by atoms with van der Waals surface area (Å²) < 4.78 is 4.47. The number of hydrogen-bond acceptors (Lipinski definition) is 4. The van der Waals surface area contributed by atoms with Crippen LogP contribution in [-0.4, -0.2) is 10.1 Å². The van der Waals surface area contributed by atoms with Gasteiger partial charge in [0, 0.05) is 12.6 Å². The van der Waals surface area contributed by atoms with E-state index < -0.39 is 0 Å². The van der Waals surface area contributed by atoms with Crippen LogP contribution in [0.2, 0.25) is 0 Å². The maximum absolute atomic E-state index is 5.62. The molecule has 4 heteroatoms. The molecule has 15 heavy (non-hydrogen) atoms. The Labute approximate surface area is 87.0 Å². The van der Waals surface area contributed by atoms with E-state index in [0.29, 0.717) is 5.89 Å². The fourth-order valence-electron chi connectivity index (χ4n) is 1.26. The second-order valence-corrected chi connectivity index (χ2v) is 3.18. The summed E-state index contributed by atoms with van der Waals surface area (Å²) in [7, 11) is 0. The fourth-order valence-corrected chi connectivity index (χ4v) is 1.26. The van der Waals surface area contributed by atoms with E-state index in [2.05, 4.69) is 26.8 Å². The second-order valence-electron chi connectivity index (χ2n) is 3.18. The first-order valence-corrected chi connectivity index (χ1v) is 4.56. The Hall–Kier alpha value is -2.10. The summed E-state index contributed by atoms with van der Waals surface area (Å²) in [6.07, 6.45) is 1.37. The normalized spacial score (nSPS) is 9.93. The van der Waals surface area contributed by atoms with E-state index in [1.807, 2.05) is 18.2 Å². The maximum Gasteiger partial charge on any atom is 0.223 e. The highest BCUT2D eigenvalue weighted by Crippen LogP contribution is 2.19. The molecule has 4 aromatic rings. The molecule has 1 aromatic heterocycles. The third-order valence-electron chi connectivity index (χ3n) is 2.04. The summed E-state index contributed by atoms with van der Waals surface area (Å²) in [5.74, 6) is 0.606. The minimum atomic E-state index is 0.606. The Bertz CT molecular complexity index is 499. The van der Waals surface area contributed by atoms with Crippen molar-refractivity contribution in [3.8, 4) is 0 Å². The quantitative estimate of drug-likeness (QED) is 0.566. The lowest BCUT2D eigenvalue weighted by atomic mass is 10.1. The van der Waals surface area contributed by atoms with Crippen LogP contribution in [0.1, 0.15) is 5.89 Å². The first-order valence-electron chi connectivity index (χ1n) is 4.56. The SMILES string of the molecule is Cc1ncno1.Nc1cc2ccc1cc2. The van der Waals surface area contributed by atoms with E-state index in [1.165, 1.54) is 11.7 Å². The molecule has 0 saturated heterocycles. The molecular formula is C11H11N3O. The largest absolute Gasteiger partial charge is 0.398 e. The van der Waals surface area contributed by atoms with Gasteiger partial charge in [0.25, 0.3) is 0 Å². The number of aromatic nitrogens is 2. The first kappa shape index (κ1) is 9.45. The number of anilines is 1. The minimum Gasteiger partial charge on any atom is -0.398 e. The van der Waals surface area contributed by atoms with Crippen molar-refractivity contribution in [1.29, 1.82) is 0 Å². The molecule has 0 spiro atoms. The second kappa shape index (κ2) is 3.96. The van der Waals surface area contributed by atoms with Crippen LogP contribution in [0.4, 0.5) is 5.69 Å². The van der Waals surface area contributed by atoms with Crippen molar-refractivity contribution in [3.05, 3.63) is 42.5 Å². The number of nitrogen functional groups attached to an aromatic ring is 1. The lowest BCUT2D eigenvalue weighted by Gasteiger charge is -1.99. The average Bonchev–Trinajstić information content (AvgIpc) is 2.71. The number of fused-ring (bicyclic) bond motifs is 3. The molecule has 4 rings (SSSR count). The summed E-state index contributed by atoms with van der Waals surface area (Å²) >= 11 is 0. The maximum atomic E-state index is 5.62. The molecule has 3 aromatic carbocycles. The molecule has 0 fully saturated rings. The van der Waals surface area contributed by atoms with E-state index in [0.717, 1.165) is 11.1 Å². The highest BCUT2D eigenvalue weighted by Gasteiger charge is 1.93. The van der Waals surface area contributed by atoms with Gasteiger partial charge in [0.15, 0.2) is 6.33 Å². The van der Waals surface area contributed by atoms with Gasteiger partial charge in [-0.05, 0) is 16.8 Å². The molecule has 2 N–H and O–H groups in total. The molecule has 0 aliphatic carbocycles. The van der Waals surface area contributed by atoms with Crippen molar-refractivity contribution in [2.45, 2.75) is 6.92 Å². The smallest absolute Gasteiger partial charge is 0.223 e. The van der Waals surface area contributed by atoms with Crippen molar-refractivity contribution in [2.75, 3.05) is 5.73 Å². The molecule has 2 bridgehead atoms. The highest BCUT2D eigenvalue weighted by molar-refractivity contribution is 5.82. The van der Waals surface area contributed by atoms with Gasteiger partial charge in [0.2, 0.25) is 5.89 Å². The summed E-state index contributed by atoms with van der Waals surface area (Å²) in [6, 6.07) is 10.2. The summed E-state index contributed by atoms with van der Waals surface area (Å²) in [6.45, 7) is 1.74. The molecule has 76 valence electrons. The van der Waals surface area contributed by atoms with Crippen LogP contribution in [-0.2, 0) is 0 Å². The third kappa shape index (κ3) is 2.22. The lowest BCUT2D eigenvalue weighted by molar-refractivity contribution is 0.392. The van der Waals surface area contributed by atoms with Crippen molar-refractivity contribution in [1.82, 2.24) is 10.1 Å². The number of nitrogens with two attached hydrogens (primary N) is 1. The molecule has 0 amide bonds. The van der Waals surface area contributed by atoms with Gasteiger partial charge in [-0.3, -0.25) is 0 Å². The van der Waals surface area contributed by atoms with Gasteiger partial charge < -0.3 is 10.3 Å². The molecule has 0 unspecified atom stereocenters. The van der Waals surface area contributed by atoms with E-state index in [9.17, 15) is 0 Å².